The summed E-state index contributed by atoms with van der Waals surface area (Å²) in [6.07, 6.45) is 3.06. The van der Waals surface area contributed by atoms with Crippen LogP contribution in [-0.4, -0.2) is 26.1 Å². The summed E-state index contributed by atoms with van der Waals surface area (Å²) < 4.78 is 0. The number of benzene rings is 2. The first kappa shape index (κ1) is 15.8. The van der Waals surface area contributed by atoms with E-state index in [1.54, 1.807) is 6.20 Å². The molecule has 2 aromatic carbocycles. The minimum Gasteiger partial charge on any atom is -0.354 e. The van der Waals surface area contributed by atoms with Crippen LogP contribution in [0.1, 0.15) is 11.6 Å². The molecule has 2 aromatic heterocycles. The molecule has 4 aromatic rings. The minimum atomic E-state index is -0.621. The zero-order valence-electron chi connectivity index (χ0n) is 13.8. The monoisotopic (exact) mass is 344 g/mol. The van der Waals surface area contributed by atoms with Crippen LogP contribution in [-0.2, 0) is 4.79 Å². The average molecular weight is 344 g/mol. The number of aromatic amines is 1. The lowest BCUT2D eigenvalue weighted by Crippen LogP contribution is -2.27. The number of carbonyl (C=O) groups is 1. The second-order valence-corrected chi connectivity index (χ2v) is 5.70. The quantitative estimate of drug-likeness (QED) is 0.517. The van der Waals surface area contributed by atoms with E-state index in [2.05, 4.69) is 30.8 Å². The van der Waals surface area contributed by atoms with Gasteiger partial charge in [0.1, 0.15) is 18.2 Å². The van der Waals surface area contributed by atoms with Crippen molar-refractivity contribution in [3.8, 4) is 0 Å². The zero-order chi connectivity index (χ0) is 17.8. The molecular weight excluding hydrogens is 328 g/mol. The molecule has 0 saturated carbocycles. The Balaban J connectivity index is 1.67. The van der Waals surface area contributed by atoms with E-state index < -0.39 is 6.04 Å². The molecule has 0 aliphatic heterocycles. The van der Waals surface area contributed by atoms with Crippen molar-refractivity contribution in [3.05, 3.63) is 78.8 Å². The number of nitrogens with zero attached hydrogens (tertiary/aromatic N) is 3. The van der Waals surface area contributed by atoms with Crippen LogP contribution in [0.3, 0.4) is 0 Å². The average Bonchev–Trinajstić information content (AvgIpc) is 3.17. The number of hydrogen-bond donors (Lipinski definition) is 3. The number of aromatic nitrogens is 4. The van der Waals surface area contributed by atoms with Crippen LogP contribution < -0.4 is 10.6 Å². The Labute approximate surface area is 149 Å². The van der Waals surface area contributed by atoms with Gasteiger partial charge in [0.15, 0.2) is 5.65 Å². The van der Waals surface area contributed by atoms with E-state index in [4.69, 9.17) is 0 Å². The first-order chi connectivity index (χ1) is 12.8. The number of H-pyrrole nitrogens is 1. The third kappa shape index (κ3) is 3.23. The molecule has 0 saturated heterocycles. The van der Waals surface area contributed by atoms with Crippen molar-refractivity contribution < 1.29 is 4.79 Å². The summed E-state index contributed by atoms with van der Waals surface area (Å²) in [6, 6.07) is 18.2. The summed E-state index contributed by atoms with van der Waals surface area (Å²) in [6.45, 7) is 0. The predicted octanol–water partition coefficient (Wildman–Crippen LogP) is 3.14. The number of hydrogen-bond acceptors (Lipinski definition) is 5. The van der Waals surface area contributed by atoms with Crippen LogP contribution in [0.2, 0.25) is 0 Å². The van der Waals surface area contributed by atoms with E-state index in [9.17, 15) is 4.79 Å². The lowest BCUT2D eigenvalue weighted by Gasteiger charge is -2.19. The molecule has 1 amide bonds. The number of fused-ring (bicyclic) bond motifs is 1. The number of nitrogens with one attached hydrogen (secondary N) is 3. The molecule has 2 heterocycles. The highest BCUT2D eigenvalue weighted by Gasteiger charge is 2.22. The molecular formula is C19H16N6O. The van der Waals surface area contributed by atoms with Crippen molar-refractivity contribution in [2.45, 2.75) is 6.04 Å². The SMILES string of the molecule is O=C(Nc1ccccc1)[C@@H](Nc1ncnc2[nH]ncc12)c1ccccc1. The minimum absolute atomic E-state index is 0.183. The van der Waals surface area contributed by atoms with Gasteiger partial charge in [0.25, 0.3) is 5.91 Å². The van der Waals surface area contributed by atoms with Gasteiger partial charge in [-0.05, 0) is 17.7 Å². The fourth-order valence-electron chi connectivity index (χ4n) is 2.70. The molecule has 4 rings (SSSR count). The standard InChI is InChI=1S/C19H16N6O/c26-19(23-14-9-5-2-6-10-14)16(13-7-3-1-4-8-13)24-17-15-11-22-25-18(15)21-12-20-17/h1-12,16H,(H,23,26)(H2,20,21,22,24,25)/t16-/m0/s1. The lowest BCUT2D eigenvalue weighted by atomic mass is 10.1. The van der Waals surface area contributed by atoms with Gasteiger partial charge in [0.05, 0.1) is 11.6 Å². The Kier molecular flexibility index (Phi) is 4.26. The molecule has 0 aliphatic rings. The topological polar surface area (TPSA) is 95.6 Å². The van der Waals surface area contributed by atoms with Crippen molar-refractivity contribution in [1.82, 2.24) is 20.2 Å². The van der Waals surface area contributed by atoms with Gasteiger partial charge in [-0.2, -0.15) is 5.10 Å². The van der Waals surface area contributed by atoms with E-state index in [1.807, 2.05) is 60.7 Å². The van der Waals surface area contributed by atoms with E-state index in [1.165, 1.54) is 6.33 Å². The normalized spacial score (nSPS) is 11.8. The summed E-state index contributed by atoms with van der Waals surface area (Å²) in [5.74, 6) is 0.360. The van der Waals surface area contributed by atoms with Crippen LogP contribution in [0.25, 0.3) is 11.0 Å². The van der Waals surface area contributed by atoms with Crippen molar-refractivity contribution in [2.75, 3.05) is 10.6 Å². The molecule has 0 aliphatic carbocycles. The van der Waals surface area contributed by atoms with Crippen molar-refractivity contribution in [3.63, 3.8) is 0 Å². The van der Waals surface area contributed by atoms with Gasteiger partial charge < -0.3 is 10.6 Å². The van der Waals surface area contributed by atoms with Crippen LogP contribution in [0, 0.1) is 0 Å². The van der Waals surface area contributed by atoms with Crippen LogP contribution in [0.5, 0.6) is 0 Å². The van der Waals surface area contributed by atoms with E-state index in [0.29, 0.717) is 11.5 Å². The van der Waals surface area contributed by atoms with E-state index >= 15 is 0 Å². The van der Waals surface area contributed by atoms with Gasteiger partial charge in [-0.3, -0.25) is 9.89 Å². The third-order valence-electron chi connectivity index (χ3n) is 3.97. The molecule has 7 heteroatoms. The number of anilines is 2. The first-order valence-corrected chi connectivity index (χ1v) is 8.13. The maximum absolute atomic E-state index is 13.0. The number of para-hydroxylation sites is 1. The molecule has 0 spiro atoms. The van der Waals surface area contributed by atoms with Crippen molar-refractivity contribution in [1.29, 1.82) is 0 Å². The molecule has 0 fully saturated rings. The van der Waals surface area contributed by atoms with Crippen LogP contribution in [0.15, 0.2) is 73.2 Å². The number of carbonyl (C=O) groups excluding carboxylic acids is 1. The van der Waals surface area contributed by atoms with Gasteiger partial charge in [0, 0.05) is 5.69 Å². The molecule has 0 bridgehead atoms. The van der Waals surface area contributed by atoms with E-state index in [0.717, 1.165) is 16.6 Å². The first-order valence-electron chi connectivity index (χ1n) is 8.13. The lowest BCUT2D eigenvalue weighted by molar-refractivity contribution is -0.117. The second-order valence-electron chi connectivity index (χ2n) is 5.70. The Morgan fingerprint density at radius 2 is 1.69 bits per heavy atom. The van der Waals surface area contributed by atoms with Gasteiger partial charge >= 0.3 is 0 Å². The van der Waals surface area contributed by atoms with Crippen molar-refractivity contribution in [2.24, 2.45) is 0 Å². The fourth-order valence-corrected chi connectivity index (χ4v) is 2.70. The Morgan fingerprint density at radius 3 is 2.46 bits per heavy atom. The Bertz CT molecular complexity index is 1020. The summed E-state index contributed by atoms with van der Waals surface area (Å²) in [4.78, 5) is 21.3. The highest BCUT2D eigenvalue weighted by Crippen LogP contribution is 2.24. The van der Waals surface area contributed by atoms with Gasteiger partial charge in [0.2, 0.25) is 0 Å². The highest BCUT2D eigenvalue weighted by molar-refractivity contribution is 5.98. The van der Waals surface area contributed by atoms with E-state index in [-0.39, 0.29) is 5.91 Å². The predicted molar refractivity (Wildman–Crippen MR) is 99.6 cm³/mol. The van der Waals surface area contributed by atoms with Gasteiger partial charge in [-0.1, -0.05) is 48.5 Å². The maximum atomic E-state index is 13.0. The van der Waals surface area contributed by atoms with Crippen molar-refractivity contribution >= 4 is 28.4 Å². The number of rotatable bonds is 5. The Morgan fingerprint density at radius 1 is 0.962 bits per heavy atom. The van der Waals surface area contributed by atoms with Gasteiger partial charge in [-0.25, -0.2) is 9.97 Å². The molecule has 7 nitrogen and oxygen atoms in total. The largest absolute Gasteiger partial charge is 0.354 e. The summed E-state index contributed by atoms with van der Waals surface area (Å²) in [5, 5.41) is 13.7. The third-order valence-corrected chi connectivity index (χ3v) is 3.97. The van der Waals surface area contributed by atoms with Gasteiger partial charge in [-0.15, -0.1) is 0 Å². The molecule has 0 radical (unpaired) electrons. The summed E-state index contributed by atoms with van der Waals surface area (Å²) in [5.41, 5.74) is 2.17. The molecule has 128 valence electrons. The molecule has 3 N–H and O–H groups in total. The maximum Gasteiger partial charge on any atom is 0.251 e. The Hall–Kier alpha value is -3.74. The van der Waals surface area contributed by atoms with Crippen LogP contribution in [0.4, 0.5) is 11.5 Å². The smallest absolute Gasteiger partial charge is 0.251 e. The molecule has 26 heavy (non-hydrogen) atoms. The summed E-state index contributed by atoms with van der Waals surface area (Å²) in [7, 11) is 0. The highest BCUT2D eigenvalue weighted by atomic mass is 16.2. The second kappa shape index (κ2) is 7.02. The molecule has 0 unspecified atom stereocenters. The summed E-state index contributed by atoms with van der Waals surface area (Å²) >= 11 is 0. The number of amides is 1. The molecule has 1 atom stereocenters. The van der Waals surface area contributed by atoms with Crippen LogP contribution >= 0.6 is 0 Å². The zero-order valence-corrected chi connectivity index (χ0v) is 13.8. The fraction of sp³-hybridized carbons (Fsp3) is 0.0526.